The van der Waals surface area contributed by atoms with E-state index in [4.69, 9.17) is 5.73 Å². The van der Waals surface area contributed by atoms with E-state index in [-0.39, 0.29) is 23.6 Å². The van der Waals surface area contributed by atoms with Gasteiger partial charge in [0, 0.05) is 24.2 Å². The van der Waals surface area contributed by atoms with Crippen molar-refractivity contribution in [3.8, 4) is 11.5 Å². The summed E-state index contributed by atoms with van der Waals surface area (Å²) in [5, 5.41) is 19.5. The number of nitrogens with zero attached hydrogens (tertiary/aromatic N) is 1. The van der Waals surface area contributed by atoms with Crippen LogP contribution in [0.5, 0.6) is 11.5 Å². The minimum Gasteiger partial charge on any atom is -0.508 e. The lowest BCUT2D eigenvalue weighted by atomic mass is 9.90. The minimum absolute atomic E-state index is 0.0913. The van der Waals surface area contributed by atoms with Crippen LogP contribution in [0.4, 0.5) is 0 Å². The zero-order valence-corrected chi connectivity index (χ0v) is 11.7. The van der Waals surface area contributed by atoms with Gasteiger partial charge in [0.25, 0.3) is 0 Å². The topological polar surface area (TPSA) is 69.7 Å². The molecule has 1 fully saturated rings. The molecule has 1 saturated heterocycles. The van der Waals surface area contributed by atoms with Crippen LogP contribution in [-0.2, 0) is 0 Å². The van der Waals surface area contributed by atoms with Gasteiger partial charge in [0.1, 0.15) is 11.5 Å². The third kappa shape index (κ3) is 3.19. The number of piperidine rings is 1. The summed E-state index contributed by atoms with van der Waals surface area (Å²) in [4.78, 5) is 2.34. The van der Waals surface area contributed by atoms with Gasteiger partial charge in [-0.05, 0) is 57.4 Å². The molecule has 19 heavy (non-hydrogen) atoms. The lowest BCUT2D eigenvalue weighted by Gasteiger charge is -2.38. The van der Waals surface area contributed by atoms with Crippen molar-refractivity contribution >= 4 is 0 Å². The van der Waals surface area contributed by atoms with Gasteiger partial charge in [-0.3, -0.25) is 4.90 Å². The molecule has 3 atom stereocenters. The van der Waals surface area contributed by atoms with Gasteiger partial charge in [-0.15, -0.1) is 0 Å². The molecule has 0 bridgehead atoms. The molecule has 0 spiro atoms. The molecule has 2 rings (SSSR count). The van der Waals surface area contributed by atoms with Crippen molar-refractivity contribution in [1.82, 2.24) is 4.90 Å². The molecule has 1 aromatic rings. The summed E-state index contributed by atoms with van der Waals surface area (Å²) in [6.45, 7) is 6.09. The van der Waals surface area contributed by atoms with Crippen LogP contribution in [0.1, 0.15) is 38.3 Å². The molecule has 0 aliphatic carbocycles. The highest BCUT2D eigenvalue weighted by molar-refractivity contribution is 5.40. The smallest absolute Gasteiger partial charge is 0.120 e. The summed E-state index contributed by atoms with van der Waals surface area (Å²) >= 11 is 0. The number of phenolic OH excluding ortho intramolecular Hbond substituents is 2. The van der Waals surface area contributed by atoms with Gasteiger partial charge >= 0.3 is 0 Å². The van der Waals surface area contributed by atoms with Crippen LogP contribution in [0.15, 0.2) is 18.2 Å². The number of hydrogen-bond acceptors (Lipinski definition) is 4. The van der Waals surface area contributed by atoms with Crippen molar-refractivity contribution in [2.75, 3.05) is 13.1 Å². The second-order valence-corrected chi connectivity index (χ2v) is 5.68. The molecule has 4 heteroatoms. The van der Waals surface area contributed by atoms with Gasteiger partial charge in [0.05, 0.1) is 0 Å². The lowest BCUT2D eigenvalue weighted by molar-refractivity contribution is 0.120. The van der Waals surface area contributed by atoms with E-state index in [0.717, 1.165) is 25.1 Å². The van der Waals surface area contributed by atoms with E-state index in [1.807, 2.05) is 0 Å². The number of nitrogens with two attached hydrogens (primary N) is 1. The van der Waals surface area contributed by atoms with Gasteiger partial charge in [0.2, 0.25) is 0 Å². The summed E-state index contributed by atoms with van der Waals surface area (Å²) in [5.74, 6) is 0.948. The van der Waals surface area contributed by atoms with E-state index in [0.29, 0.717) is 5.92 Å². The SMILES string of the molecule is CC(N)C1CCCN(C(C)c2cc(O)ccc2O)C1. The second-order valence-electron chi connectivity index (χ2n) is 5.68. The molecule has 0 radical (unpaired) electrons. The molecule has 4 N–H and O–H groups in total. The van der Waals surface area contributed by atoms with E-state index in [9.17, 15) is 10.2 Å². The molecule has 1 aromatic carbocycles. The summed E-state index contributed by atoms with van der Waals surface area (Å²) in [6, 6.07) is 5.00. The van der Waals surface area contributed by atoms with Crippen LogP contribution in [0.2, 0.25) is 0 Å². The molecule has 106 valence electrons. The molecule has 4 nitrogen and oxygen atoms in total. The zero-order valence-electron chi connectivity index (χ0n) is 11.7. The number of likely N-dealkylation sites (tertiary alicyclic amines) is 1. The maximum Gasteiger partial charge on any atom is 0.120 e. The van der Waals surface area contributed by atoms with Gasteiger partial charge in [0.15, 0.2) is 0 Å². The predicted molar refractivity (Wildman–Crippen MR) is 76.1 cm³/mol. The highest BCUT2D eigenvalue weighted by atomic mass is 16.3. The fourth-order valence-electron chi connectivity index (χ4n) is 2.89. The van der Waals surface area contributed by atoms with Gasteiger partial charge in [-0.1, -0.05) is 0 Å². The summed E-state index contributed by atoms with van der Waals surface area (Å²) in [7, 11) is 0. The van der Waals surface area contributed by atoms with Crippen molar-refractivity contribution in [2.45, 2.75) is 38.8 Å². The van der Waals surface area contributed by atoms with E-state index in [2.05, 4.69) is 18.7 Å². The summed E-state index contributed by atoms with van der Waals surface area (Å²) < 4.78 is 0. The second kappa shape index (κ2) is 5.80. The average Bonchev–Trinajstić information content (AvgIpc) is 2.41. The normalized spacial score (nSPS) is 24.1. The Kier molecular flexibility index (Phi) is 4.32. The predicted octanol–water partition coefficient (Wildman–Crippen LogP) is 2.22. The molecule has 0 saturated carbocycles. The molecule has 0 amide bonds. The van der Waals surface area contributed by atoms with Crippen LogP contribution >= 0.6 is 0 Å². The first-order chi connectivity index (χ1) is 8.99. The van der Waals surface area contributed by atoms with Crippen molar-refractivity contribution in [1.29, 1.82) is 0 Å². The van der Waals surface area contributed by atoms with Gasteiger partial charge in [-0.2, -0.15) is 0 Å². The highest BCUT2D eigenvalue weighted by Crippen LogP contribution is 2.34. The molecule has 1 aliphatic heterocycles. The van der Waals surface area contributed by atoms with E-state index in [1.165, 1.54) is 12.5 Å². The van der Waals surface area contributed by atoms with E-state index < -0.39 is 0 Å². The van der Waals surface area contributed by atoms with Crippen LogP contribution in [0, 0.1) is 5.92 Å². The standard InChI is InChI=1S/C15H24N2O2/c1-10(16)12-4-3-7-17(9-12)11(2)14-8-13(18)5-6-15(14)19/h5-6,8,10-12,18-19H,3-4,7,9,16H2,1-2H3. The average molecular weight is 264 g/mol. The Morgan fingerprint density at radius 2 is 2.05 bits per heavy atom. The van der Waals surface area contributed by atoms with E-state index in [1.54, 1.807) is 12.1 Å². The quantitative estimate of drug-likeness (QED) is 0.732. The number of benzene rings is 1. The van der Waals surface area contributed by atoms with Crippen molar-refractivity contribution in [2.24, 2.45) is 11.7 Å². The number of phenols is 2. The van der Waals surface area contributed by atoms with Crippen LogP contribution in [0.25, 0.3) is 0 Å². The van der Waals surface area contributed by atoms with Crippen molar-refractivity contribution < 1.29 is 10.2 Å². The number of rotatable bonds is 3. The molecular weight excluding hydrogens is 240 g/mol. The third-order valence-electron chi connectivity index (χ3n) is 4.24. The fourth-order valence-corrected chi connectivity index (χ4v) is 2.89. The maximum absolute atomic E-state index is 9.95. The Morgan fingerprint density at radius 3 is 2.74 bits per heavy atom. The molecule has 1 heterocycles. The molecule has 1 aliphatic rings. The van der Waals surface area contributed by atoms with Gasteiger partial charge in [-0.25, -0.2) is 0 Å². The number of aromatic hydroxyl groups is 2. The Labute approximate surface area is 114 Å². The highest BCUT2D eigenvalue weighted by Gasteiger charge is 2.27. The first-order valence-corrected chi connectivity index (χ1v) is 7.00. The first kappa shape index (κ1) is 14.2. The first-order valence-electron chi connectivity index (χ1n) is 7.00. The zero-order chi connectivity index (χ0) is 14.0. The molecule has 0 aromatic heterocycles. The van der Waals surface area contributed by atoms with Crippen LogP contribution in [0.3, 0.4) is 0 Å². The van der Waals surface area contributed by atoms with Crippen LogP contribution < -0.4 is 5.73 Å². The van der Waals surface area contributed by atoms with Gasteiger partial charge < -0.3 is 15.9 Å². The van der Waals surface area contributed by atoms with Crippen LogP contribution in [-0.4, -0.2) is 34.2 Å². The number of hydrogen-bond donors (Lipinski definition) is 3. The lowest BCUT2D eigenvalue weighted by Crippen LogP contribution is -2.43. The summed E-state index contributed by atoms with van der Waals surface area (Å²) in [5.41, 5.74) is 6.79. The maximum atomic E-state index is 9.95. The molecular formula is C15H24N2O2. The monoisotopic (exact) mass is 264 g/mol. The Morgan fingerprint density at radius 1 is 1.32 bits per heavy atom. The van der Waals surface area contributed by atoms with E-state index >= 15 is 0 Å². The Bertz CT molecular complexity index is 434. The van der Waals surface area contributed by atoms with Crippen molar-refractivity contribution in [3.05, 3.63) is 23.8 Å². The minimum atomic E-state index is 0.0913. The Hall–Kier alpha value is -1.26. The largest absolute Gasteiger partial charge is 0.508 e. The molecule has 3 unspecified atom stereocenters. The van der Waals surface area contributed by atoms with Crippen molar-refractivity contribution in [3.63, 3.8) is 0 Å². The Balaban J connectivity index is 2.14. The fraction of sp³-hybridized carbons (Fsp3) is 0.600. The summed E-state index contributed by atoms with van der Waals surface area (Å²) in [6.07, 6.45) is 2.31. The third-order valence-corrected chi connectivity index (χ3v) is 4.24.